The fourth-order valence-corrected chi connectivity index (χ4v) is 2.17. The van der Waals surface area contributed by atoms with Crippen molar-refractivity contribution in [1.29, 1.82) is 0 Å². The number of amides is 1. The predicted molar refractivity (Wildman–Crippen MR) is 78.1 cm³/mol. The van der Waals surface area contributed by atoms with Crippen molar-refractivity contribution in [3.05, 3.63) is 36.4 Å². The molecule has 3 aromatic rings. The number of carbonyl (C=O) groups excluding carboxylic acids is 1. The van der Waals surface area contributed by atoms with Gasteiger partial charge in [-0.2, -0.15) is 0 Å². The zero-order chi connectivity index (χ0) is 15.6. The van der Waals surface area contributed by atoms with Crippen LogP contribution in [0.2, 0.25) is 0 Å². The van der Waals surface area contributed by atoms with Crippen molar-refractivity contribution in [2.45, 2.75) is 6.61 Å². The largest absolute Gasteiger partial charge is 0.454 e. The van der Waals surface area contributed by atoms with Crippen LogP contribution < -0.4 is 14.8 Å². The van der Waals surface area contributed by atoms with Gasteiger partial charge in [0.25, 0.3) is 0 Å². The molecule has 1 amide bonds. The summed E-state index contributed by atoms with van der Waals surface area (Å²) in [5.41, 5.74) is 1.79. The first kappa shape index (κ1) is 13.3. The number of H-pyrrole nitrogens is 1. The Kier molecular flexibility index (Phi) is 3.15. The Bertz CT molecular complexity index is 878. The first-order chi connectivity index (χ1) is 11.3. The molecule has 2 N–H and O–H groups in total. The second kappa shape index (κ2) is 5.44. The van der Waals surface area contributed by atoms with E-state index in [2.05, 4.69) is 25.3 Å². The Labute approximate surface area is 129 Å². The third-order valence-corrected chi connectivity index (χ3v) is 3.25. The summed E-state index contributed by atoms with van der Waals surface area (Å²) < 4.78 is 15.7. The van der Waals surface area contributed by atoms with E-state index in [-0.39, 0.29) is 13.4 Å². The molecule has 3 heterocycles. The SMILES string of the molecule is O=C(Nc1ncnc2nc[nH]c12)OCc1ccc2c(c1)OCO2. The van der Waals surface area contributed by atoms with Gasteiger partial charge in [0.15, 0.2) is 23.0 Å². The number of imidazole rings is 1. The normalized spacial score (nSPS) is 12.3. The summed E-state index contributed by atoms with van der Waals surface area (Å²) in [5, 5.41) is 2.55. The molecule has 0 saturated heterocycles. The molecular weight excluding hydrogens is 302 g/mol. The van der Waals surface area contributed by atoms with Gasteiger partial charge >= 0.3 is 6.09 Å². The highest BCUT2D eigenvalue weighted by molar-refractivity contribution is 5.93. The van der Waals surface area contributed by atoms with E-state index in [1.54, 1.807) is 18.2 Å². The molecule has 116 valence electrons. The lowest BCUT2D eigenvalue weighted by Gasteiger charge is -2.07. The molecule has 0 radical (unpaired) electrons. The van der Waals surface area contributed by atoms with E-state index >= 15 is 0 Å². The van der Waals surface area contributed by atoms with Crippen molar-refractivity contribution in [3.63, 3.8) is 0 Å². The minimum Gasteiger partial charge on any atom is -0.454 e. The standard InChI is InChI=1S/C14H11N5O4/c20-14(19-13-11-12(16-5-15-11)17-6-18-13)21-4-8-1-2-9-10(3-8)23-7-22-9/h1-3,5-6H,4,7H2,(H2,15,16,17,18,19,20). The predicted octanol–water partition coefficient (Wildman–Crippen LogP) is 1.83. The number of fused-ring (bicyclic) bond motifs is 2. The summed E-state index contributed by atoms with van der Waals surface area (Å²) in [6, 6.07) is 5.35. The zero-order valence-electron chi connectivity index (χ0n) is 11.8. The molecule has 0 aliphatic carbocycles. The van der Waals surface area contributed by atoms with Crippen LogP contribution in [0.5, 0.6) is 11.5 Å². The second-order valence-electron chi connectivity index (χ2n) is 4.71. The first-order valence-electron chi connectivity index (χ1n) is 6.76. The summed E-state index contributed by atoms with van der Waals surface area (Å²) in [5.74, 6) is 1.63. The fourth-order valence-electron chi connectivity index (χ4n) is 2.17. The van der Waals surface area contributed by atoms with Gasteiger partial charge in [0.1, 0.15) is 18.5 Å². The van der Waals surface area contributed by atoms with Crippen LogP contribution in [0.15, 0.2) is 30.9 Å². The van der Waals surface area contributed by atoms with Gasteiger partial charge in [0.2, 0.25) is 6.79 Å². The third kappa shape index (κ3) is 2.59. The lowest BCUT2D eigenvalue weighted by atomic mass is 10.2. The van der Waals surface area contributed by atoms with E-state index < -0.39 is 6.09 Å². The van der Waals surface area contributed by atoms with E-state index in [1.807, 2.05) is 0 Å². The van der Waals surface area contributed by atoms with E-state index in [9.17, 15) is 4.79 Å². The van der Waals surface area contributed by atoms with Gasteiger partial charge in [-0.05, 0) is 17.7 Å². The van der Waals surface area contributed by atoms with Gasteiger partial charge in [-0.25, -0.2) is 19.7 Å². The Balaban J connectivity index is 1.41. The number of aromatic nitrogens is 4. The topological polar surface area (TPSA) is 111 Å². The summed E-state index contributed by atoms with van der Waals surface area (Å²) >= 11 is 0. The molecular formula is C14H11N5O4. The van der Waals surface area contributed by atoms with E-state index in [4.69, 9.17) is 14.2 Å². The number of nitrogens with zero attached hydrogens (tertiary/aromatic N) is 3. The maximum absolute atomic E-state index is 11.9. The van der Waals surface area contributed by atoms with Crippen LogP contribution in [-0.2, 0) is 11.3 Å². The summed E-state index contributed by atoms with van der Waals surface area (Å²) in [6.07, 6.45) is 2.16. The average Bonchev–Trinajstić information content (AvgIpc) is 3.21. The van der Waals surface area contributed by atoms with Crippen LogP contribution in [0.3, 0.4) is 0 Å². The van der Waals surface area contributed by atoms with Crippen LogP contribution >= 0.6 is 0 Å². The second-order valence-corrected chi connectivity index (χ2v) is 4.71. The minimum absolute atomic E-state index is 0.0969. The first-order valence-corrected chi connectivity index (χ1v) is 6.76. The van der Waals surface area contributed by atoms with Crippen LogP contribution in [0, 0.1) is 0 Å². The van der Waals surface area contributed by atoms with Gasteiger partial charge in [-0.3, -0.25) is 5.32 Å². The summed E-state index contributed by atoms with van der Waals surface area (Å²) in [7, 11) is 0. The van der Waals surface area contributed by atoms with Crippen LogP contribution in [0.25, 0.3) is 11.2 Å². The maximum atomic E-state index is 11.9. The molecule has 1 aliphatic rings. The molecule has 2 aromatic heterocycles. The summed E-state index contributed by atoms with van der Waals surface area (Å²) in [6.45, 7) is 0.299. The highest BCUT2D eigenvalue weighted by atomic mass is 16.7. The Morgan fingerprint density at radius 3 is 3.13 bits per heavy atom. The van der Waals surface area contributed by atoms with Crippen molar-refractivity contribution < 1.29 is 19.0 Å². The molecule has 9 heteroatoms. The number of nitrogens with one attached hydrogen (secondary N) is 2. The molecule has 1 aliphatic heterocycles. The maximum Gasteiger partial charge on any atom is 0.413 e. The van der Waals surface area contributed by atoms with Crippen LogP contribution in [0.1, 0.15) is 5.56 Å². The van der Waals surface area contributed by atoms with E-state index in [0.717, 1.165) is 5.56 Å². The van der Waals surface area contributed by atoms with Gasteiger partial charge in [-0.1, -0.05) is 6.07 Å². The number of anilines is 1. The molecule has 0 unspecified atom stereocenters. The number of ether oxygens (including phenoxy) is 3. The Hall–Kier alpha value is -3.36. The summed E-state index contributed by atoms with van der Waals surface area (Å²) in [4.78, 5) is 26.7. The van der Waals surface area contributed by atoms with Crippen molar-refractivity contribution in [1.82, 2.24) is 19.9 Å². The fraction of sp³-hybridized carbons (Fsp3) is 0.143. The van der Waals surface area contributed by atoms with E-state index in [0.29, 0.717) is 28.5 Å². The number of carbonyl (C=O) groups is 1. The lowest BCUT2D eigenvalue weighted by molar-refractivity contribution is 0.154. The van der Waals surface area contributed by atoms with Gasteiger partial charge in [-0.15, -0.1) is 0 Å². The highest BCUT2D eigenvalue weighted by Crippen LogP contribution is 2.32. The van der Waals surface area contributed by atoms with Crippen molar-refractivity contribution in [3.8, 4) is 11.5 Å². The number of benzene rings is 1. The lowest BCUT2D eigenvalue weighted by Crippen LogP contribution is -2.15. The van der Waals surface area contributed by atoms with Crippen LogP contribution in [-0.4, -0.2) is 32.8 Å². The highest BCUT2D eigenvalue weighted by Gasteiger charge is 2.14. The van der Waals surface area contributed by atoms with Crippen molar-refractivity contribution in [2.24, 2.45) is 0 Å². The zero-order valence-corrected chi connectivity index (χ0v) is 11.8. The molecule has 0 saturated carbocycles. The number of hydrogen-bond donors (Lipinski definition) is 2. The quantitative estimate of drug-likeness (QED) is 0.758. The molecule has 23 heavy (non-hydrogen) atoms. The average molecular weight is 313 g/mol. The molecule has 9 nitrogen and oxygen atoms in total. The van der Waals surface area contributed by atoms with Gasteiger partial charge < -0.3 is 19.2 Å². The Morgan fingerprint density at radius 1 is 1.26 bits per heavy atom. The smallest absolute Gasteiger partial charge is 0.413 e. The van der Waals surface area contributed by atoms with Crippen LogP contribution in [0.4, 0.5) is 10.6 Å². The molecule has 0 atom stereocenters. The molecule has 4 rings (SSSR count). The molecule has 0 fully saturated rings. The monoisotopic (exact) mass is 313 g/mol. The van der Waals surface area contributed by atoms with Crippen molar-refractivity contribution >= 4 is 23.1 Å². The molecule has 0 spiro atoms. The number of rotatable bonds is 3. The Morgan fingerprint density at radius 2 is 2.17 bits per heavy atom. The molecule has 0 bridgehead atoms. The van der Waals surface area contributed by atoms with E-state index in [1.165, 1.54) is 12.7 Å². The number of aromatic amines is 1. The van der Waals surface area contributed by atoms with Gasteiger partial charge in [0.05, 0.1) is 6.33 Å². The molecule has 1 aromatic carbocycles. The minimum atomic E-state index is -0.628. The van der Waals surface area contributed by atoms with Gasteiger partial charge in [0, 0.05) is 0 Å². The van der Waals surface area contributed by atoms with Crippen molar-refractivity contribution in [2.75, 3.05) is 12.1 Å². The number of hydrogen-bond acceptors (Lipinski definition) is 7. The third-order valence-electron chi connectivity index (χ3n) is 3.25.